The Morgan fingerprint density at radius 3 is 1.20 bits per heavy atom. The first-order valence-electron chi connectivity index (χ1n) is 0.154. The maximum atomic E-state index is 8.06. The van der Waals surface area contributed by atoms with Crippen molar-refractivity contribution in [1.29, 1.82) is 0 Å². The summed E-state index contributed by atoms with van der Waals surface area (Å²) in [5.74, 6) is 0. The molecule has 0 aromatic carbocycles. The Kier molecular flexibility index (Phi) is 139. The monoisotopic (exact) mass is 316 g/mol. The van der Waals surface area contributed by atoms with Gasteiger partial charge in [-0.1, -0.05) is 0 Å². The van der Waals surface area contributed by atoms with Crippen molar-refractivity contribution in [1.82, 2.24) is 0 Å². The number of rotatable bonds is 0. The van der Waals surface area contributed by atoms with Crippen molar-refractivity contribution in [2.45, 2.75) is 0 Å². The van der Waals surface area contributed by atoms with Crippen LogP contribution in [0, 0.1) is 35.6 Å². The van der Waals surface area contributed by atoms with Gasteiger partial charge in [0.2, 0.25) is 0 Å². The first kappa shape index (κ1) is 24.6. The van der Waals surface area contributed by atoms with Gasteiger partial charge in [-0.25, -0.2) is 0 Å². The summed E-state index contributed by atoms with van der Waals surface area (Å²) in [6.45, 7) is 0. The molecule has 0 aliphatic carbocycles. The molecule has 0 aromatic rings. The molecule has 5 heavy (non-hydrogen) atoms. The third-order valence-electron chi connectivity index (χ3n) is 0. The van der Waals surface area contributed by atoms with Crippen molar-refractivity contribution in [3.63, 3.8) is 0 Å². The summed E-state index contributed by atoms with van der Waals surface area (Å²) in [5, 5.41) is 0. The number of hydrogen-bond donors (Lipinski definition) is 0. The molecule has 1 N–H and O–H groups in total. The molecule has 1 radical (unpaired) electrons. The summed E-state index contributed by atoms with van der Waals surface area (Å²) in [4.78, 5) is 0. The molecule has 0 saturated heterocycles. The van der Waals surface area contributed by atoms with Gasteiger partial charge in [0.1, 0.15) is 0 Å². The van der Waals surface area contributed by atoms with Crippen LogP contribution in [-0.2, 0) is 19.8 Å². The van der Waals surface area contributed by atoms with Gasteiger partial charge in [-0.2, -0.15) is 0 Å². The minimum atomic E-state index is 0. The second-order valence-corrected chi connectivity index (χ2v) is 0. The van der Waals surface area contributed by atoms with E-state index in [9.17, 15) is 0 Å². The van der Waals surface area contributed by atoms with Gasteiger partial charge >= 0.3 is 65.3 Å². The minimum absolute atomic E-state index is 0. The second-order valence-electron chi connectivity index (χ2n) is 0. The van der Waals surface area contributed by atoms with Gasteiger partial charge in [0, 0.05) is 35.6 Å². The van der Waals surface area contributed by atoms with Crippen molar-refractivity contribution in [3.05, 3.63) is 0 Å². The summed E-state index contributed by atoms with van der Waals surface area (Å²) < 4.78 is 8.06. The molecule has 0 atom stereocenters. The van der Waals surface area contributed by atoms with Gasteiger partial charge in [0.15, 0.2) is 0 Å². The van der Waals surface area contributed by atoms with E-state index in [4.69, 9.17) is 3.83 Å². The van der Waals surface area contributed by atoms with Crippen LogP contribution in [-0.4, -0.2) is 51.0 Å². The molecule has 2 nitrogen and oxygen atoms in total. The Labute approximate surface area is 104 Å². The molecule has 0 unspecified atom stereocenters. The van der Waals surface area contributed by atoms with Crippen molar-refractivity contribution >= 4 is 45.5 Å². The molecule has 0 aliphatic heterocycles. The fourth-order valence-electron chi connectivity index (χ4n) is 0. The first-order valence-corrected chi connectivity index (χ1v) is 0.636. The van der Waals surface area contributed by atoms with Gasteiger partial charge < -0.3 is 5.48 Å². The average Bonchev–Trinajstić information content (AvgIpc) is 1.00. The molecular formula is H2LaMnO2Sr. The van der Waals surface area contributed by atoms with Gasteiger partial charge in [0.25, 0.3) is 0 Å². The Morgan fingerprint density at radius 2 is 1.20 bits per heavy atom. The Balaban J connectivity index is -0.00000000167. The van der Waals surface area contributed by atoms with E-state index in [1.54, 1.807) is 15.9 Å². The zero-order chi connectivity index (χ0) is 2.00. The molecule has 0 bridgehead atoms. The molecule has 0 saturated carbocycles. The molecule has 0 aliphatic rings. The fourth-order valence-corrected chi connectivity index (χ4v) is 0. The Hall–Kier alpha value is 2.95. The Morgan fingerprint density at radius 1 is 1.20 bits per heavy atom. The van der Waals surface area contributed by atoms with Crippen LogP contribution in [0.4, 0.5) is 0 Å². The SMILES string of the molecule is [La].[OH-].[O]=[Mn].[SrH+]. The molecule has 5 heteroatoms. The predicted molar refractivity (Wildman–Crippen MR) is 9.77 cm³/mol. The zero-order valence-electron chi connectivity index (χ0n) is 2.81. The quantitative estimate of drug-likeness (QED) is 0.541. The molecule has 26 valence electrons. The van der Waals surface area contributed by atoms with Crippen LogP contribution < -0.4 is 0 Å². The summed E-state index contributed by atoms with van der Waals surface area (Å²) in [6.07, 6.45) is 0. The van der Waals surface area contributed by atoms with E-state index in [1.165, 1.54) is 0 Å². The summed E-state index contributed by atoms with van der Waals surface area (Å²) >= 11 is 1.69. The van der Waals surface area contributed by atoms with Crippen LogP contribution in [0.15, 0.2) is 0 Å². The number of hydrogen-bond acceptors (Lipinski definition) is 2. The molecular weight excluding hydrogens is 313 g/mol. The van der Waals surface area contributed by atoms with Crippen LogP contribution in [0.1, 0.15) is 0 Å². The molecule has 0 fully saturated rings. The average molecular weight is 315 g/mol. The maximum absolute atomic E-state index is 8.06. The van der Waals surface area contributed by atoms with Gasteiger partial charge in [-0.15, -0.1) is 0 Å². The summed E-state index contributed by atoms with van der Waals surface area (Å²) in [7, 11) is 0. The van der Waals surface area contributed by atoms with Crippen LogP contribution >= 0.6 is 0 Å². The third-order valence-corrected chi connectivity index (χ3v) is 0. The predicted octanol–water partition coefficient (Wildman–Crippen LogP) is -0.947. The van der Waals surface area contributed by atoms with Crippen LogP contribution in [0.2, 0.25) is 0 Å². The van der Waals surface area contributed by atoms with E-state index >= 15 is 0 Å². The van der Waals surface area contributed by atoms with Crippen molar-refractivity contribution in [2.75, 3.05) is 0 Å². The molecule has 0 aromatic heterocycles. The van der Waals surface area contributed by atoms with E-state index in [0.29, 0.717) is 0 Å². The van der Waals surface area contributed by atoms with Crippen molar-refractivity contribution in [2.24, 2.45) is 0 Å². The van der Waals surface area contributed by atoms with E-state index < -0.39 is 0 Å². The van der Waals surface area contributed by atoms with E-state index in [0.717, 1.165) is 0 Å². The van der Waals surface area contributed by atoms with E-state index in [-0.39, 0.29) is 86.6 Å². The van der Waals surface area contributed by atoms with E-state index in [1.807, 2.05) is 0 Å². The molecule has 0 amide bonds. The van der Waals surface area contributed by atoms with Crippen LogP contribution in [0.5, 0.6) is 0 Å². The standard InChI is InChI=1S/La.Mn.H2O.O.Sr.H/h;;1H2;;;/q;;;;+1;/p-1. The van der Waals surface area contributed by atoms with E-state index in [2.05, 4.69) is 0 Å². The molecule has 0 rings (SSSR count). The fraction of sp³-hybridized carbons (Fsp3) is 0. The first-order chi connectivity index (χ1) is 1.00. The van der Waals surface area contributed by atoms with Gasteiger partial charge in [-0.05, 0) is 0 Å². The third kappa shape index (κ3) is 19.6. The van der Waals surface area contributed by atoms with Crippen LogP contribution in [0.25, 0.3) is 0 Å². The topological polar surface area (TPSA) is 47.1 Å². The Bertz CT molecular complexity index is 9.61. The normalized spacial score (nSPS) is 0.800. The second kappa shape index (κ2) is 28.2. The van der Waals surface area contributed by atoms with Gasteiger partial charge in [-0.3, -0.25) is 0 Å². The molecule has 0 spiro atoms. The summed E-state index contributed by atoms with van der Waals surface area (Å²) in [6, 6.07) is 0. The zero-order valence-corrected chi connectivity index (χ0v) is 12.5. The summed E-state index contributed by atoms with van der Waals surface area (Å²) in [5.41, 5.74) is 0. The van der Waals surface area contributed by atoms with Crippen molar-refractivity contribution in [3.8, 4) is 0 Å². The van der Waals surface area contributed by atoms with Crippen LogP contribution in [0.3, 0.4) is 0 Å². The molecule has 0 heterocycles. The van der Waals surface area contributed by atoms with Gasteiger partial charge in [0.05, 0.1) is 0 Å². The van der Waals surface area contributed by atoms with Crippen molar-refractivity contribution < 1.29 is 60.9 Å².